The van der Waals surface area contributed by atoms with Crippen LogP contribution < -0.4 is 10.6 Å². The summed E-state index contributed by atoms with van der Waals surface area (Å²) in [5.74, 6) is -1.63. The summed E-state index contributed by atoms with van der Waals surface area (Å²) >= 11 is 1.48. The van der Waals surface area contributed by atoms with Crippen LogP contribution in [0.3, 0.4) is 0 Å². The van der Waals surface area contributed by atoms with Crippen molar-refractivity contribution in [2.75, 3.05) is 64.2 Å². The normalized spacial score (nSPS) is 17.8. The van der Waals surface area contributed by atoms with Crippen molar-refractivity contribution in [3.63, 3.8) is 0 Å². The van der Waals surface area contributed by atoms with Gasteiger partial charge in [0.25, 0.3) is 0 Å². The molecule has 1 aliphatic heterocycles. The third-order valence-electron chi connectivity index (χ3n) is 5.76. The highest BCUT2D eigenvalue weighted by molar-refractivity contribution is 8.01. The molecule has 1 aromatic carbocycles. The fraction of sp³-hybridized carbons (Fsp3) is 0.538. The smallest absolute Gasteiger partial charge is 0.323 e. The first-order chi connectivity index (χ1) is 17.8. The van der Waals surface area contributed by atoms with E-state index < -0.39 is 11.9 Å². The monoisotopic (exact) mass is 531 g/mol. The second kappa shape index (κ2) is 15.9. The zero-order valence-electron chi connectivity index (χ0n) is 21.8. The number of rotatable bonds is 16. The number of ether oxygens (including phenoxy) is 2. The molecule has 2 rings (SSSR count). The lowest BCUT2D eigenvalue weighted by molar-refractivity contribution is -0.146. The molecule has 0 radical (unpaired) electrons. The molecule has 2 amide bonds. The highest BCUT2D eigenvalue weighted by atomic mass is 32.2. The average molecular weight is 532 g/mol. The first kappa shape index (κ1) is 30.2. The maximum atomic E-state index is 12.9. The van der Waals surface area contributed by atoms with E-state index in [1.807, 2.05) is 49.2 Å². The van der Waals surface area contributed by atoms with Crippen LogP contribution in [-0.4, -0.2) is 91.8 Å². The van der Waals surface area contributed by atoms with Gasteiger partial charge in [0, 0.05) is 44.5 Å². The van der Waals surface area contributed by atoms with Gasteiger partial charge in [0.2, 0.25) is 11.8 Å². The van der Waals surface area contributed by atoms with Crippen LogP contribution in [0.25, 0.3) is 0 Å². The zero-order chi connectivity index (χ0) is 27.2. The largest absolute Gasteiger partial charge is 0.460 e. The highest BCUT2D eigenvalue weighted by Gasteiger charge is 2.41. The topological polar surface area (TPSA) is 124 Å². The molecule has 3 atom stereocenters. The molecule has 11 heteroatoms. The number of thioether (sulfide) groups is 1. The minimum atomic E-state index is -0.936. The van der Waals surface area contributed by atoms with E-state index in [4.69, 9.17) is 9.47 Å². The minimum absolute atomic E-state index is 0.00838. The first-order valence-corrected chi connectivity index (χ1v) is 13.2. The molecule has 1 aromatic rings. The van der Waals surface area contributed by atoms with Gasteiger partial charge < -0.3 is 25.0 Å². The van der Waals surface area contributed by atoms with Crippen molar-refractivity contribution in [3.8, 4) is 6.07 Å². The summed E-state index contributed by atoms with van der Waals surface area (Å²) in [6.45, 7) is 7.98. The van der Waals surface area contributed by atoms with Gasteiger partial charge in [-0.3, -0.25) is 19.3 Å². The van der Waals surface area contributed by atoms with Crippen LogP contribution in [0.4, 0.5) is 11.4 Å². The molecule has 1 fully saturated rings. The van der Waals surface area contributed by atoms with E-state index in [0.717, 1.165) is 5.69 Å². The number of nitriles is 1. The Kier molecular flexibility index (Phi) is 13.0. The van der Waals surface area contributed by atoms with Gasteiger partial charge in [-0.2, -0.15) is 5.26 Å². The van der Waals surface area contributed by atoms with Crippen molar-refractivity contribution in [1.82, 2.24) is 9.80 Å². The van der Waals surface area contributed by atoms with E-state index in [9.17, 15) is 19.6 Å². The summed E-state index contributed by atoms with van der Waals surface area (Å²) in [6.07, 6.45) is 2.26. The number of nitrogens with zero attached hydrogens (tertiary/aromatic N) is 3. The molecule has 1 aliphatic rings. The number of benzene rings is 1. The predicted molar refractivity (Wildman–Crippen MR) is 145 cm³/mol. The van der Waals surface area contributed by atoms with Gasteiger partial charge in [-0.05, 0) is 38.6 Å². The number of likely N-dealkylation sites (N-methyl/N-ethyl adjacent to an activating group) is 1. The lowest BCUT2D eigenvalue weighted by atomic mass is 10.1. The Balaban J connectivity index is 1.87. The quantitative estimate of drug-likeness (QED) is 0.245. The second-order valence-corrected chi connectivity index (χ2v) is 10.0. The van der Waals surface area contributed by atoms with Crippen LogP contribution in [0.15, 0.2) is 36.9 Å². The van der Waals surface area contributed by atoms with Crippen molar-refractivity contribution in [3.05, 3.63) is 36.9 Å². The summed E-state index contributed by atoms with van der Waals surface area (Å²) in [5, 5.41) is 15.1. The first-order valence-electron chi connectivity index (χ1n) is 12.3. The number of hydrogen-bond acceptors (Lipinski definition) is 9. The predicted octanol–water partition coefficient (Wildman–Crippen LogP) is 2.55. The number of esters is 1. The Morgan fingerprint density at radius 3 is 2.81 bits per heavy atom. The molecular weight excluding hydrogens is 494 g/mol. The number of nitrogens with one attached hydrogen (secondary N) is 2. The number of carbonyl (C=O) groups excluding carboxylic acids is 3. The second-order valence-electron chi connectivity index (χ2n) is 8.61. The van der Waals surface area contributed by atoms with Gasteiger partial charge in [0.05, 0.1) is 29.8 Å². The summed E-state index contributed by atoms with van der Waals surface area (Å²) in [4.78, 5) is 41.0. The van der Waals surface area contributed by atoms with Gasteiger partial charge in [0.1, 0.15) is 12.5 Å². The molecule has 3 unspecified atom stereocenters. The lowest BCUT2D eigenvalue weighted by Gasteiger charge is -2.23. The third-order valence-corrected chi connectivity index (χ3v) is 7.29. The fourth-order valence-electron chi connectivity index (χ4n) is 3.85. The maximum Gasteiger partial charge on any atom is 0.323 e. The van der Waals surface area contributed by atoms with Crippen LogP contribution in [-0.2, 0) is 23.9 Å². The van der Waals surface area contributed by atoms with Gasteiger partial charge in [-0.25, -0.2) is 0 Å². The van der Waals surface area contributed by atoms with Gasteiger partial charge in [0.15, 0.2) is 0 Å². The van der Waals surface area contributed by atoms with Crippen LogP contribution in [0, 0.1) is 17.2 Å². The summed E-state index contributed by atoms with van der Waals surface area (Å²) in [5.41, 5.74) is 1.52. The Morgan fingerprint density at radius 1 is 1.38 bits per heavy atom. The van der Waals surface area contributed by atoms with Gasteiger partial charge in [-0.15, -0.1) is 11.8 Å². The molecule has 1 saturated heterocycles. The molecule has 0 bridgehead atoms. The zero-order valence-corrected chi connectivity index (χ0v) is 22.6. The molecule has 0 spiro atoms. The van der Waals surface area contributed by atoms with Crippen LogP contribution in [0.1, 0.15) is 19.8 Å². The van der Waals surface area contributed by atoms with E-state index >= 15 is 0 Å². The Morgan fingerprint density at radius 2 is 2.14 bits per heavy atom. The van der Waals surface area contributed by atoms with Crippen molar-refractivity contribution in [2.24, 2.45) is 5.92 Å². The van der Waals surface area contributed by atoms with Crippen molar-refractivity contribution in [1.29, 1.82) is 5.26 Å². The van der Waals surface area contributed by atoms with Crippen molar-refractivity contribution >= 4 is 40.9 Å². The molecule has 2 N–H and O–H groups in total. The van der Waals surface area contributed by atoms with Crippen LogP contribution in [0.5, 0.6) is 0 Å². The molecule has 0 aliphatic carbocycles. The van der Waals surface area contributed by atoms with E-state index in [1.165, 1.54) is 17.8 Å². The van der Waals surface area contributed by atoms with Crippen LogP contribution in [0.2, 0.25) is 0 Å². The molecule has 1 heterocycles. The van der Waals surface area contributed by atoms with Gasteiger partial charge in [-0.1, -0.05) is 18.7 Å². The van der Waals surface area contributed by atoms with Crippen molar-refractivity contribution < 1.29 is 23.9 Å². The van der Waals surface area contributed by atoms with E-state index in [-0.39, 0.29) is 42.0 Å². The Hall–Kier alpha value is -3.07. The number of methoxy groups -OCH3 is 1. The molecule has 10 nitrogen and oxygen atoms in total. The molecule has 0 saturated carbocycles. The average Bonchev–Trinajstić information content (AvgIpc) is 3.18. The Bertz CT molecular complexity index is 969. The number of carbonyl (C=O) groups is 3. The molecule has 37 heavy (non-hydrogen) atoms. The van der Waals surface area contributed by atoms with Gasteiger partial charge >= 0.3 is 5.97 Å². The molecule has 202 valence electrons. The summed E-state index contributed by atoms with van der Waals surface area (Å²) in [6, 6.07) is 9.43. The van der Waals surface area contributed by atoms with E-state index in [2.05, 4.69) is 17.2 Å². The Labute approximate surface area is 223 Å². The van der Waals surface area contributed by atoms with Crippen LogP contribution >= 0.6 is 11.8 Å². The molecule has 0 aromatic heterocycles. The van der Waals surface area contributed by atoms with E-state index in [1.54, 1.807) is 12.0 Å². The standard InChI is InChI=1S/C26H37N5O5S/c1-5-13-36-26(34)19(17-27)15-24-31(6-2)25(33)22(37-24)10-11-28-20-8-7-9-21(16-20)29-23(32)18-30(3)12-14-35-4/h5,7-9,16,19,22,24,28H,1,6,10-15,18H2,2-4H3,(H,29,32). The summed E-state index contributed by atoms with van der Waals surface area (Å²) < 4.78 is 10.1. The minimum Gasteiger partial charge on any atom is -0.460 e. The fourth-order valence-corrected chi connectivity index (χ4v) is 5.44. The molecular formula is C26H37N5O5S. The number of hydrogen-bond donors (Lipinski definition) is 2. The SMILES string of the molecule is C=CCOC(=O)C(C#N)CC1SC(CCNc2cccc(NC(=O)CN(C)CCOC)c2)C(=O)N1CC. The number of amides is 2. The maximum absolute atomic E-state index is 12.9. The third kappa shape index (κ3) is 9.72. The summed E-state index contributed by atoms with van der Waals surface area (Å²) in [7, 11) is 3.48. The lowest BCUT2D eigenvalue weighted by Crippen LogP contribution is -2.36. The number of anilines is 2. The highest BCUT2D eigenvalue weighted by Crippen LogP contribution is 2.37. The van der Waals surface area contributed by atoms with Crippen molar-refractivity contribution in [2.45, 2.75) is 30.4 Å². The van der Waals surface area contributed by atoms with E-state index in [0.29, 0.717) is 38.3 Å².